The van der Waals surface area contributed by atoms with Gasteiger partial charge in [0, 0.05) is 10.9 Å². The summed E-state index contributed by atoms with van der Waals surface area (Å²) in [5.74, 6) is -0.232. The third-order valence-electron chi connectivity index (χ3n) is 6.53. The fraction of sp³-hybridized carbons (Fsp3) is 0.400. The molecule has 0 fully saturated rings. The molecule has 4 heterocycles. The van der Waals surface area contributed by atoms with Crippen molar-refractivity contribution in [3.05, 3.63) is 57.4 Å². The van der Waals surface area contributed by atoms with Crippen molar-refractivity contribution in [1.82, 2.24) is 9.55 Å². The molecule has 1 unspecified atom stereocenters. The highest BCUT2D eigenvalue weighted by Crippen LogP contribution is 2.49. The summed E-state index contributed by atoms with van der Waals surface area (Å²) in [4.78, 5) is 30.3. The number of hydrogen-bond donors (Lipinski definition) is 1. The molecule has 0 spiro atoms. The molecule has 1 atom stereocenters. The molecule has 5 rings (SSSR count). The van der Waals surface area contributed by atoms with E-state index in [0.717, 1.165) is 10.9 Å². The van der Waals surface area contributed by atoms with Gasteiger partial charge in [-0.3, -0.25) is 18.6 Å². The van der Waals surface area contributed by atoms with E-state index in [0.29, 0.717) is 28.2 Å². The number of pyridine rings is 2. The van der Waals surface area contributed by atoms with Gasteiger partial charge in [-0.05, 0) is 56.2 Å². The van der Waals surface area contributed by atoms with E-state index in [1.807, 2.05) is 6.07 Å². The van der Waals surface area contributed by atoms with E-state index in [-0.39, 0.29) is 50.3 Å². The van der Waals surface area contributed by atoms with Crippen LogP contribution in [0.25, 0.3) is 22.3 Å². The molecular weight excluding hydrogens is 487 g/mol. The van der Waals surface area contributed by atoms with Gasteiger partial charge in [-0.25, -0.2) is 9.55 Å². The van der Waals surface area contributed by atoms with E-state index in [2.05, 4.69) is 0 Å². The van der Waals surface area contributed by atoms with Crippen LogP contribution in [0.4, 0.5) is 0 Å². The molecule has 10 nitrogen and oxygen atoms in total. The predicted molar refractivity (Wildman–Crippen MR) is 131 cm³/mol. The Labute approximate surface area is 207 Å². The van der Waals surface area contributed by atoms with Crippen LogP contribution < -0.4 is 10.1 Å². The zero-order valence-electron chi connectivity index (χ0n) is 20.3. The highest BCUT2D eigenvalue weighted by Gasteiger charge is 2.39. The minimum Gasteiger partial charge on any atom is -0.460 e. The lowest BCUT2D eigenvalue weighted by molar-refractivity contribution is -0.149. The van der Waals surface area contributed by atoms with Gasteiger partial charge in [-0.2, -0.15) is 0 Å². The molecule has 2 aliphatic heterocycles. The van der Waals surface area contributed by atoms with Crippen molar-refractivity contribution in [1.29, 1.82) is 0 Å². The number of ether oxygens (including phenoxy) is 1. The summed E-state index contributed by atoms with van der Waals surface area (Å²) >= 11 is 0. The molecule has 0 amide bonds. The topological polar surface area (TPSA) is 126 Å². The monoisotopic (exact) mass is 514 g/mol. The molecule has 0 saturated heterocycles. The van der Waals surface area contributed by atoms with E-state index < -0.39 is 19.4 Å². The lowest BCUT2D eigenvalue weighted by Gasteiger charge is -2.26. The average Bonchev–Trinajstić information content (AvgIpc) is 3.13. The summed E-state index contributed by atoms with van der Waals surface area (Å²) in [7, 11) is -3.75. The molecule has 2 aliphatic rings. The number of aromatic nitrogens is 2. The quantitative estimate of drug-likeness (QED) is 0.287. The molecule has 0 bridgehead atoms. The van der Waals surface area contributed by atoms with Crippen LogP contribution in [0.5, 0.6) is 5.75 Å². The second kappa shape index (κ2) is 9.12. The van der Waals surface area contributed by atoms with E-state index in [4.69, 9.17) is 23.3 Å². The van der Waals surface area contributed by atoms with E-state index in [9.17, 15) is 19.3 Å². The van der Waals surface area contributed by atoms with Crippen LogP contribution in [0.2, 0.25) is 0 Å². The van der Waals surface area contributed by atoms with Gasteiger partial charge in [-0.15, -0.1) is 0 Å². The van der Waals surface area contributed by atoms with Crippen molar-refractivity contribution in [2.45, 2.75) is 52.4 Å². The van der Waals surface area contributed by atoms with Gasteiger partial charge in [0.05, 0.1) is 48.6 Å². The lowest BCUT2D eigenvalue weighted by Crippen LogP contribution is -2.32. The Morgan fingerprint density at radius 1 is 1.14 bits per heavy atom. The summed E-state index contributed by atoms with van der Waals surface area (Å²) in [5.41, 5.74) is 1.55. The number of rotatable bonds is 7. The fourth-order valence-corrected chi connectivity index (χ4v) is 5.94. The molecule has 3 aromatic rings. The maximum atomic E-state index is 13.4. The van der Waals surface area contributed by atoms with Crippen molar-refractivity contribution >= 4 is 24.7 Å². The number of esters is 1. The maximum absolute atomic E-state index is 13.4. The Hall–Kier alpha value is -3.04. The van der Waals surface area contributed by atoms with Crippen molar-refractivity contribution in [3.8, 4) is 17.1 Å². The van der Waals surface area contributed by atoms with Crippen molar-refractivity contribution < 1.29 is 32.8 Å². The molecule has 190 valence electrons. The largest absolute Gasteiger partial charge is 0.530 e. The lowest BCUT2D eigenvalue weighted by atomic mass is 9.85. The minimum atomic E-state index is -3.75. The van der Waals surface area contributed by atoms with Crippen molar-refractivity contribution in [2.75, 3.05) is 13.2 Å². The SMILES string of the molecule is CCOP(=O)(OCC)Oc1ccc2nc3c(cc2c1)Cn1c-3cc2c(c1=O)COC(=O)CC2(O)CC. The highest BCUT2D eigenvalue weighted by atomic mass is 31.2. The number of aliphatic hydroxyl groups is 1. The second-order valence-corrected chi connectivity index (χ2v) is 10.4. The standard InChI is InChI=1S/C25H27N2O8P/c1-4-25(30)12-22(28)32-14-18-19(25)11-21-23-16(13-27(21)24(18)29)9-15-10-17(7-8-20(15)26-23)35-36(31,33-5-2)34-6-3/h7-11,30H,4-6,12-14H2,1-3H3. The number of carbonyl (C=O) groups excluding carboxylic acids is 1. The number of fused-ring (bicyclic) bond motifs is 5. The average molecular weight is 514 g/mol. The molecule has 1 aromatic carbocycles. The number of hydrogen-bond acceptors (Lipinski definition) is 9. The first-order valence-electron chi connectivity index (χ1n) is 11.9. The molecule has 1 N–H and O–H groups in total. The van der Waals surface area contributed by atoms with Crippen LogP contribution in [-0.2, 0) is 41.9 Å². The molecule has 0 saturated carbocycles. The van der Waals surface area contributed by atoms with Crippen molar-refractivity contribution in [3.63, 3.8) is 0 Å². The Bertz CT molecular complexity index is 1470. The summed E-state index contributed by atoms with van der Waals surface area (Å²) in [6.07, 6.45) is 0.0413. The number of phosphoric acid groups is 1. The van der Waals surface area contributed by atoms with Gasteiger partial charge < -0.3 is 18.9 Å². The zero-order valence-corrected chi connectivity index (χ0v) is 21.2. The number of cyclic esters (lactones) is 1. The van der Waals surface area contributed by atoms with Crippen LogP contribution >= 0.6 is 7.82 Å². The van der Waals surface area contributed by atoms with Gasteiger partial charge in [0.15, 0.2) is 0 Å². The smallest absolute Gasteiger partial charge is 0.460 e. The number of carbonyl (C=O) groups is 1. The van der Waals surface area contributed by atoms with Crippen LogP contribution in [-0.4, -0.2) is 33.8 Å². The predicted octanol–water partition coefficient (Wildman–Crippen LogP) is 4.03. The highest BCUT2D eigenvalue weighted by molar-refractivity contribution is 7.48. The van der Waals surface area contributed by atoms with Gasteiger partial charge in [0.1, 0.15) is 18.0 Å². The fourth-order valence-electron chi connectivity index (χ4n) is 4.75. The Morgan fingerprint density at radius 3 is 2.58 bits per heavy atom. The Morgan fingerprint density at radius 2 is 1.89 bits per heavy atom. The number of benzene rings is 1. The van der Waals surface area contributed by atoms with Crippen LogP contribution in [0.15, 0.2) is 35.1 Å². The normalized spacial score (nSPS) is 18.8. The Balaban J connectivity index is 1.58. The van der Waals surface area contributed by atoms with Crippen LogP contribution in [0.3, 0.4) is 0 Å². The van der Waals surface area contributed by atoms with E-state index in [1.165, 1.54) is 0 Å². The molecule has 11 heteroatoms. The van der Waals surface area contributed by atoms with Crippen LogP contribution in [0, 0.1) is 0 Å². The van der Waals surface area contributed by atoms with Gasteiger partial charge in [0.25, 0.3) is 5.56 Å². The summed E-state index contributed by atoms with van der Waals surface area (Å²) in [6.45, 7) is 5.61. The third kappa shape index (κ3) is 4.14. The molecule has 2 aromatic heterocycles. The molecule has 0 aliphatic carbocycles. The first kappa shape index (κ1) is 24.6. The second-order valence-electron chi connectivity index (χ2n) is 8.76. The van der Waals surface area contributed by atoms with Crippen molar-refractivity contribution in [2.24, 2.45) is 0 Å². The van der Waals surface area contributed by atoms with E-state index in [1.54, 1.807) is 49.6 Å². The molecular formula is C25H27N2O8P. The van der Waals surface area contributed by atoms with Gasteiger partial charge in [0.2, 0.25) is 0 Å². The van der Waals surface area contributed by atoms with Gasteiger partial charge in [-0.1, -0.05) is 6.92 Å². The molecule has 36 heavy (non-hydrogen) atoms. The third-order valence-corrected chi connectivity index (χ3v) is 8.11. The Kier molecular flexibility index (Phi) is 6.24. The summed E-state index contributed by atoms with van der Waals surface area (Å²) < 4.78 is 35.6. The summed E-state index contributed by atoms with van der Waals surface area (Å²) in [6, 6.07) is 8.71. The van der Waals surface area contributed by atoms with E-state index >= 15 is 0 Å². The summed E-state index contributed by atoms with van der Waals surface area (Å²) in [5, 5.41) is 12.0. The first-order chi connectivity index (χ1) is 17.2. The first-order valence-corrected chi connectivity index (χ1v) is 13.3. The maximum Gasteiger partial charge on any atom is 0.530 e. The zero-order chi connectivity index (χ0) is 25.7. The minimum absolute atomic E-state index is 0.170. The number of nitrogens with zero attached hydrogens (tertiary/aromatic N) is 2. The molecule has 0 radical (unpaired) electrons. The number of phosphoric ester groups is 1. The van der Waals surface area contributed by atoms with Crippen LogP contribution in [0.1, 0.15) is 50.3 Å². The van der Waals surface area contributed by atoms with Gasteiger partial charge >= 0.3 is 13.8 Å².